The first-order chi connectivity index (χ1) is 8.58. The molecule has 0 aliphatic heterocycles. The van der Waals surface area contributed by atoms with Crippen LogP contribution in [0.2, 0.25) is 0 Å². The minimum atomic E-state index is 1.11. The van der Waals surface area contributed by atoms with Crippen LogP contribution in [0.15, 0.2) is 45.3 Å². The summed E-state index contributed by atoms with van der Waals surface area (Å²) in [7, 11) is 5.71. The maximum absolute atomic E-state index is 3.54. The first-order valence-corrected chi connectivity index (χ1v) is 8.17. The lowest BCUT2D eigenvalue weighted by Crippen LogP contribution is -2.13. The van der Waals surface area contributed by atoms with Crippen LogP contribution >= 0.6 is 50.3 Å². The number of halogens is 2. The molecule has 3 rings (SSSR count). The summed E-state index contributed by atoms with van der Waals surface area (Å²) in [5.74, 6) is 0. The molecule has 0 radical (unpaired) electrons. The Morgan fingerprint density at radius 1 is 0.611 bits per heavy atom. The lowest BCUT2D eigenvalue weighted by molar-refractivity contribution is 1.73. The van der Waals surface area contributed by atoms with Gasteiger partial charge in [-0.1, -0.05) is 44.0 Å². The lowest BCUT2D eigenvalue weighted by atomic mass is 10.0. The van der Waals surface area contributed by atoms with Crippen molar-refractivity contribution in [2.24, 2.45) is 0 Å². The largest absolute Gasteiger partial charge is 0.104 e. The summed E-state index contributed by atoms with van der Waals surface area (Å²) < 4.78 is 2.22. The zero-order valence-electron chi connectivity index (χ0n) is 9.37. The predicted molar refractivity (Wildman–Crippen MR) is 95.5 cm³/mol. The highest BCUT2D eigenvalue weighted by Gasteiger charge is 2.09. The van der Waals surface area contributed by atoms with Gasteiger partial charge < -0.3 is 0 Å². The van der Waals surface area contributed by atoms with Gasteiger partial charge in [-0.2, -0.15) is 0 Å². The number of hydrogen-bond acceptors (Lipinski definition) is 0. The molecule has 4 heteroatoms. The minimum Gasteiger partial charge on any atom is -0.104 e. The fourth-order valence-electron chi connectivity index (χ4n) is 2.24. The molecule has 0 aliphatic carbocycles. The third-order valence-electron chi connectivity index (χ3n) is 3.12. The highest BCUT2D eigenvalue weighted by molar-refractivity contribution is 9.10. The van der Waals surface area contributed by atoms with Gasteiger partial charge in [0.1, 0.15) is 0 Å². The van der Waals surface area contributed by atoms with E-state index in [4.69, 9.17) is 0 Å². The van der Waals surface area contributed by atoms with Gasteiger partial charge in [-0.25, -0.2) is 0 Å². The SMILES string of the molecule is Pc1c(P)c2cc(Br)ccc2c2ccc(Br)cc12. The molecule has 3 aromatic carbocycles. The molecule has 3 aromatic rings. The monoisotopic (exact) mass is 398 g/mol. The van der Waals surface area contributed by atoms with Crippen LogP contribution < -0.4 is 10.6 Å². The van der Waals surface area contributed by atoms with Crippen LogP contribution in [0.5, 0.6) is 0 Å². The summed E-state index contributed by atoms with van der Waals surface area (Å²) in [6.45, 7) is 0. The quantitative estimate of drug-likeness (QED) is 0.385. The molecule has 0 aliphatic rings. The van der Waals surface area contributed by atoms with Crippen molar-refractivity contribution < 1.29 is 0 Å². The smallest absolute Gasteiger partial charge is 0.0181 e. The molecular formula is C14H10Br2P2. The van der Waals surface area contributed by atoms with Gasteiger partial charge in [0.15, 0.2) is 0 Å². The number of fused-ring (bicyclic) bond motifs is 3. The van der Waals surface area contributed by atoms with Gasteiger partial charge in [-0.3, -0.25) is 0 Å². The van der Waals surface area contributed by atoms with Crippen molar-refractivity contribution in [3.05, 3.63) is 45.3 Å². The normalized spacial score (nSPS) is 11.3. The maximum atomic E-state index is 3.54. The van der Waals surface area contributed by atoms with E-state index in [9.17, 15) is 0 Å². The van der Waals surface area contributed by atoms with Crippen LogP contribution in [0.3, 0.4) is 0 Å². The third kappa shape index (κ3) is 2.04. The molecule has 0 saturated carbocycles. The summed E-state index contributed by atoms with van der Waals surface area (Å²) in [5, 5.41) is 7.60. The van der Waals surface area contributed by atoms with E-state index in [0.717, 1.165) is 8.95 Å². The molecule has 0 spiro atoms. The van der Waals surface area contributed by atoms with Gasteiger partial charge in [0, 0.05) is 8.95 Å². The molecule has 0 fully saturated rings. The van der Waals surface area contributed by atoms with Crippen LogP contribution in [0.1, 0.15) is 0 Å². The molecule has 0 amide bonds. The Morgan fingerprint density at radius 3 is 1.39 bits per heavy atom. The average Bonchev–Trinajstić information content (AvgIpc) is 2.36. The Bertz CT molecular complexity index is 715. The average molecular weight is 400 g/mol. The van der Waals surface area contributed by atoms with Gasteiger partial charge in [0.05, 0.1) is 0 Å². The Labute approximate surface area is 127 Å². The van der Waals surface area contributed by atoms with Crippen LogP contribution in [0, 0.1) is 0 Å². The van der Waals surface area contributed by atoms with E-state index in [-0.39, 0.29) is 0 Å². The van der Waals surface area contributed by atoms with E-state index in [2.05, 4.69) is 86.7 Å². The molecule has 0 heterocycles. The van der Waals surface area contributed by atoms with E-state index in [1.807, 2.05) is 0 Å². The van der Waals surface area contributed by atoms with E-state index >= 15 is 0 Å². The molecule has 2 atom stereocenters. The molecule has 2 unspecified atom stereocenters. The van der Waals surface area contributed by atoms with Crippen LogP contribution in [-0.2, 0) is 0 Å². The standard InChI is InChI=1S/C14H10Br2P2/c15-7-1-3-9-10-4-2-8(16)6-12(10)14(18)13(17)11(9)5-7/h1-6H,17-18H2. The molecule has 0 N–H and O–H groups in total. The van der Waals surface area contributed by atoms with Gasteiger partial charge in [-0.15, -0.1) is 18.5 Å². The number of rotatable bonds is 0. The summed E-state index contributed by atoms with van der Waals surface area (Å²) in [6.07, 6.45) is 0. The Hall–Kier alpha value is -0.000000000000000111. The second-order valence-electron chi connectivity index (χ2n) is 4.21. The predicted octanol–water partition coefficient (Wildman–Crippen LogP) is 4.52. The van der Waals surface area contributed by atoms with Crippen LogP contribution in [0.4, 0.5) is 0 Å². The summed E-state index contributed by atoms with van der Waals surface area (Å²) >= 11 is 7.09. The fourth-order valence-corrected chi connectivity index (χ4v) is 3.75. The second kappa shape index (κ2) is 4.84. The van der Waals surface area contributed by atoms with E-state index < -0.39 is 0 Å². The zero-order chi connectivity index (χ0) is 12.9. The van der Waals surface area contributed by atoms with Gasteiger partial charge in [0.2, 0.25) is 0 Å². The maximum Gasteiger partial charge on any atom is 0.0181 e. The fraction of sp³-hybridized carbons (Fsp3) is 0. The summed E-state index contributed by atoms with van der Waals surface area (Å²) in [4.78, 5) is 0. The van der Waals surface area contributed by atoms with Crippen molar-refractivity contribution >= 4 is 82.5 Å². The highest BCUT2D eigenvalue weighted by Crippen LogP contribution is 2.29. The van der Waals surface area contributed by atoms with Gasteiger partial charge in [0.25, 0.3) is 0 Å². The van der Waals surface area contributed by atoms with E-state index in [1.54, 1.807) is 0 Å². The third-order valence-corrected chi connectivity index (χ3v) is 5.69. The molecule has 0 aromatic heterocycles. The topological polar surface area (TPSA) is 0 Å². The van der Waals surface area contributed by atoms with Gasteiger partial charge >= 0.3 is 0 Å². The van der Waals surface area contributed by atoms with E-state index in [0.29, 0.717) is 0 Å². The molecule has 0 saturated heterocycles. The molecule has 0 bridgehead atoms. The first kappa shape index (κ1) is 13.0. The van der Waals surface area contributed by atoms with Crippen molar-refractivity contribution in [2.75, 3.05) is 0 Å². The Morgan fingerprint density at radius 2 is 1.00 bits per heavy atom. The first-order valence-electron chi connectivity index (χ1n) is 5.43. The lowest BCUT2D eigenvalue weighted by Gasteiger charge is -2.12. The van der Waals surface area contributed by atoms with Crippen LogP contribution in [-0.4, -0.2) is 0 Å². The molecular weight excluding hydrogens is 390 g/mol. The molecule has 18 heavy (non-hydrogen) atoms. The Kier molecular flexibility index (Phi) is 3.49. The van der Waals surface area contributed by atoms with Crippen molar-refractivity contribution in [1.29, 1.82) is 0 Å². The van der Waals surface area contributed by atoms with Crippen molar-refractivity contribution in [2.45, 2.75) is 0 Å². The summed E-state index contributed by atoms with van der Waals surface area (Å²) in [5.41, 5.74) is 0. The highest BCUT2D eigenvalue weighted by atomic mass is 79.9. The van der Waals surface area contributed by atoms with Crippen LogP contribution in [0.25, 0.3) is 21.5 Å². The minimum absolute atomic E-state index is 1.11. The second-order valence-corrected chi connectivity index (χ2v) is 7.19. The van der Waals surface area contributed by atoms with Crippen molar-refractivity contribution in [3.63, 3.8) is 0 Å². The van der Waals surface area contributed by atoms with Gasteiger partial charge in [-0.05, 0) is 56.4 Å². The number of hydrogen-bond donors (Lipinski definition) is 0. The van der Waals surface area contributed by atoms with Crippen molar-refractivity contribution in [3.8, 4) is 0 Å². The molecule has 90 valence electrons. The number of benzene rings is 3. The zero-order valence-corrected chi connectivity index (χ0v) is 14.9. The Balaban J connectivity index is 2.62. The van der Waals surface area contributed by atoms with Crippen molar-refractivity contribution in [1.82, 2.24) is 0 Å². The molecule has 0 nitrogen and oxygen atoms in total. The summed E-state index contributed by atoms with van der Waals surface area (Å²) in [6, 6.07) is 12.9. The van der Waals surface area contributed by atoms with E-state index in [1.165, 1.54) is 32.2 Å².